The Morgan fingerprint density at radius 3 is 2.77 bits per heavy atom. The van der Waals surface area contributed by atoms with Crippen molar-refractivity contribution in [2.45, 2.75) is 0 Å². The summed E-state index contributed by atoms with van der Waals surface area (Å²) in [6.45, 7) is 0.0292. The van der Waals surface area contributed by atoms with Gasteiger partial charge in [-0.2, -0.15) is 5.10 Å². The monoisotopic (exact) mass is 422 g/mol. The van der Waals surface area contributed by atoms with E-state index in [1.165, 1.54) is 23.6 Å². The number of para-hydroxylation sites is 1. The van der Waals surface area contributed by atoms with Crippen LogP contribution in [0, 0.1) is 10.1 Å². The summed E-state index contributed by atoms with van der Waals surface area (Å²) in [6, 6.07) is 12.5. The molecule has 1 aliphatic rings. The van der Waals surface area contributed by atoms with Crippen molar-refractivity contribution in [2.75, 3.05) is 13.8 Å². The molecule has 0 saturated heterocycles. The second-order valence-electron chi connectivity index (χ2n) is 6.35. The van der Waals surface area contributed by atoms with E-state index in [1.54, 1.807) is 17.8 Å². The second kappa shape index (κ2) is 7.16. The molecule has 0 unspecified atom stereocenters. The van der Waals surface area contributed by atoms with Crippen LogP contribution in [0.2, 0.25) is 0 Å². The molecule has 3 heterocycles. The minimum atomic E-state index is -0.479. The van der Waals surface area contributed by atoms with Crippen LogP contribution in [-0.4, -0.2) is 29.7 Å². The second-order valence-corrected chi connectivity index (χ2v) is 7.19. The maximum atomic E-state index is 11.5. The number of rotatable bonds is 4. The predicted molar refractivity (Wildman–Crippen MR) is 111 cm³/mol. The van der Waals surface area contributed by atoms with Crippen molar-refractivity contribution in [3.05, 3.63) is 68.3 Å². The Hall–Kier alpha value is -3.92. The third kappa shape index (κ3) is 3.03. The summed E-state index contributed by atoms with van der Waals surface area (Å²) >= 11 is 1.39. The number of nitro groups is 1. The lowest BCUT2D eigenvalue weighted by Crippen LogP contribution is -2.11. The van der Waals surface area contributed by atoms with Crippen LogP contribution in [0.25, 0.3) is 22.4 Å². The molecule has 0 bridgehead atoms. The highest BCUT2D eigenvalue weighted by atomic mass is 32.1. The smallest absolute Gasteiger partial charge is 0.282 e. The van der Waals surface area contributed by atoms with Crippen LogP contribution in [0.15, 0.2) is 62.4 Å². The van der Waals surface area contributed by atoms with Gasteiger partial charge < -0.3 is 13.9 Å². The molecule has 30 heavy (non-hydrogen) atoms. The molecule has 4 aromatic rings. The average Bonchev–Trinajstić information content (AvgIpc) is 3.47. The van der Waals surface area contributed by atoms with Gasteiger partial charge in [0.15, 0.2) is 17.3 Å². The zero-order valence-corrected chi connectivity index (χ0v) is 16.5. The zero-order chi connectivity index (χ0) is 20.7. The van der Waals surface area contributed by atoms with E-state index < -0.39 is 4.92 Å². The molecule has 10 heteroatoms. The Kier molecular flexibility index (Phi) is 4.32. The lowest BCUT2D eigenvalue weighted by Gasteiger charge is -2.02. The van der Waals surface area contributed by atoms with Gasteiger partial charge in [-0.05, 0) is 18.2 Å². The standard InChI is InChI=1S/C20H14N4O5S/c1-21-20-23(15(10-30-20)17-6-12-4-2-3-5-16(12)29-17)22-9-13-7-18-19(28-11-27-18)8-14(13)24(25)26/h2-10H,11H2,1H3. The first-order valence-electron chi connectivity index (χ1n) is 8.89. The van der Waals surface area contributed by atoms with Crippen LogP contribution in [0.5, 0.6) is 11.5 Å². The summed E-state index contributed by atoms with van der Waals surface area (Å²) < 4.78 is 18.1. The Morgan fingerprint density at radius 1 is 1.20 bits per heavy atom. The fourth-order valence-electron chi connectivity index (χ4n) is 3.17. The molecular formula is C20H14N4O5S. The van der Waals surface area contributed by atoms with Gasteiger partial charge in [0.1, 0.15) is 11.3 Å². The summed E-state index contributed by atoms with van der Waals surface area (Å²) in [5.74, 6) is 1.41. The zero-order valence-electron chi connectivity index (χ0n) is 15.6. The van der Waals surface area contributed by atoms with E-state index in [0.29, 0.717) is 33.3 Å². The van der Waals surface area contributed by atoms with E-state index in [1.807, 2.05) is 35.7 Å². The van der Waals surface area contributed by atoms with Crippen molar-refractivity contribution >= 4 is 34.2 Å². The topological polar surface area (TPSA) is 104 Å². The number of aromatic nitrogens is 1. The number of fused-ring (bicyclic) bond motifs is 2. The Labute approximate surface area is 173 Å². The lowest BCUT2D eigenvalue weighted by molar-refractivity contribution is -0.385. The normalized spacial score (nSPS) is 13.6. The van der Waals surface area contributed by atoms with Gasteiger partial charge in [-0.15, -0.1) is 11.3 Å². The van der Waals surface area contributed by atoms with E-state index in [4.69, 9.17) is 13.9 Å². The molecule has 150 valence electrons. The number of nitrogens with zero attached hydrogens (tertiary/aromatic N) is 4. The molecule has 0 radical (unpaired) electrons. The largest absolute Gasteiger partial charge is 0.454 e. The number of benzene rings is 2. The quantitative estimate of drug-likeness (QED) is 0.281. The molecule has 0 saturated carbocycles. The van der Waals surface area contributed by atoms with Crippen molar-refractivity contribution in [3.63, 3.8) is 0 Å². The Bertz CT molecular complexity index is 1350. The third-order valence-electron chi connectivity index (χ3n) is 4.59. The van der Waals surface area contributed by atoms with Crippen molar-refractivity contribution < 1.29 is 18.8 Å². The van der Waals surface area contributed by atoms with Crippen LogP contribution >= 0.6 is 11.3 Å². The van der Waals surface area contributed by atoms with Crippen LogP contribution in [-0.2, 0) is 0 Å². The van der Waals surface area contributed by atoms with E-state index in [-0.39, 0.29) is 12.5 Å². The molecular weight excluding hydrogens is 408 g/mol. The third-order valence-corrected chi connectivity index (χ3v) is 5.49. The van der Waals surface area contributed by atoms with Crippen LogP contribution in [0.1, 0.15) is 5.56 Å². The summed E-state index contributed by atoms with van der Waals surface area (Å²) in [6.07, 6.45) is 1.41. The first kappa shape index (κ1) is 18.1. The lowest BCUT2D eigenvalue weighted by atomic mass is 10.1. The minimum Gasteiger partial charge on any atom is -0.454 e. The summed E-state index contributed by atoms with van der Waals surface area (Å²) in [5, 5.41) is 18.8. The fraction of sp³-hybridized carbons (Fsp3) is 0.100. The minimum absolute atomic E-state index is 0.0292. The van der Waals surface area contributed by atoms with E-state index in [2.05, 4.69) is 10.1 Å². The van der Waals surface area contributed by atoms with Crippen LogP contribution in [0.3, 0.4) is 0 Å². The van der Waals surface area contributed by atoms with Crippen molar-refractivity contribution in [2.24, 2.45) is 10.1 Å². The van der Waals surface area contributed by atoms with Crippen molar-refractivity contribution in [1.29, 1.82) is 0 Å². The number of ether oxygens (including phenoxy) is 2. The summed E-state index contributed by atoms with van der Waals surface area (Å²) in [7, 11) is 1.66. The van der Waals surface area contributed by atoms with Gasteiger partial charge in [0.25, 0.3) is 5.69 Å². The maximum absolute atomic E-state index is 11.5. The molecule has 0 fully saturated rings. The molecule has 9 nitrogen and oxygen atoms in total. The molecule has 0 amide bonds. The van der Waals surface area contributed by atoms with Gasteiger partial charge in [-0.3, -0.25) is 15.1 Å². The van der Waals surface area contributed by atoms with Gasteiger partial charge in [0, 0.05) is 17.8 Å². The van der Waals surface area contributed by atoms with Gasteiger partial charge in [-0.1, -0.05) is 18.2 Å². The average molecular weight is 422 g/mol. The first-order chi connectivity index (χ1) is 14.6. The maximum Gasteiger partial charge on any atom is 0.282 e. The highest BCUT2D eigenvalue weighted by molar-refractivity contribution is 7.07. The van der Waals surface area contributed by atoms with Crippen LogP contribution < -0.4 is 14.3 Å². The van der Waals surface area contributed by atoms with Crippen molar-refractivity contribution in [3.8, 4) is 23.0 Å². The van der Waals surface area contributed by atoms with Gasteiger partial charge in [-0.25, -0.2) is 4.68 Å². The molecule has 1 aliphatic heterocycles. The number of hydrogen-bond acceptors (Lipinski definition) is 8. The van der Waals surface area contributed by atoms with E-state index >= 15 is 0 Å². The van der Waals surface area contributed by atoms with Gasteiger partial charge in [0.2, 0.25) is 11.6 Å². The number of hydrogen-bond donors (Lipinski definition) is 0. The van der Waals surface area contributed by atoms with Crippen molar-refractivity contribution in [1.82, 2.24) is 4.68 Å². The van der Waals surface area contributed by atoms with E-state index in [0.717, 1.165) is 11.0 Å². The molecule has 0 aliphatic carbocycles. The van der Waals surface area contributed by atoms with Gasteiger partial charge >= 0.3 is 0 Å². The van der Waals surface area contributed by atoms with Crippen LogP contribution in [0.4, 0.5) is 5.69 Å². The Morgan fingerprint density at radius 2 is 2.00 bits per heavy atom. The highest BCUT2D eigenvalue weighted by Gasteiger charge is 2.22. The fourth-order valence-corrected chi connectivity index (χ4v) is 3.95. The number of furan rings is 1. The summed E-state index contributed by atoms with van der Waals surface area (Å²) in [4.78, 5) is 15.9. The molecule has 5 rings (SSSR count). The number of thiazole rings is 1. The molecule has 0 N–H and O–H groups in total. The molecule has 0 atom stereocenters. The SMILES string of the molecule is CN=c1scc(-c2cc3ccccc3o2)n1N=Cc1cc2c(cc1[N+](=O)[O-])OCO2. The van der Waals surface area contributed by atoms with Gasteiger partial charge in [0.05, 0.1) is 22.8 Å². The molecule has 2 aromatic carbocycles. The Balaban J connectivity index is 1.61. The summed E-state index contributed by atoms with van der Waals surface area (Å²) in [5.41, 5.74) is 1.62. The predicted octanol–water partition coefficient (Wildman–Crippen LogP) is 4.01. The molecule has 2 aromatic heterocycles. The molecule has 0 spiro atoms. The highest BCUT2D eigenvalue weighted by Crippen LogP contribution is 2.37. The number of nitro benzene ring substituents is 1. The van der Waals surface area contributed by atoms with E-state index in [9.17, 15) is 10.1 Å². The first-order valence-corrected chi connectivity index (χ1v) is 9.77.